The van der Waals surface area contributed by atoms with Crippen LogP contribution in [0.4, 0.5) is 0 Å². The SMILES string of the molecule is COc1cccc(CC[C@@H]2CCCN(C(=O)c3ccoc3C)C2)c1. The molecule has 2 aromatic rings. The summed E-state index contributed by atoms with van der Waals surface area (Å²) in [5, 5.41) is 0. The quantitative estimate of drug-likeness (QED) is 0.831. The zero-order valence-corrected chi connectivity index (χ0v) is 14.5. The van der Waals surface area contributed by atoms with Crippen molar-refractivity contribution in [2.24, 2.45) is 5.92 Å². The van der Waals surface area contributed by atoms with Crippen LogP contribution in [0.25, 0.3) is 0 Å². The number of rotatable bonds is 5. The van der Waals surface area contributed by atoms with E-state index in [4.69, 9.17) is 9.15 Å². The molecule has 128 valence electrons. The van der Waals surface area contributed by atoms with E-state index in [1.54, 1.807) is 19.4 Å². The van der Waals surface area contributed by atoms with E-state index in [0.29, 0.717) is 17.2 Å². The van der Waals surface area contributed by atoms with Gasteiger partial charge in [-0.2, -0.15) is 0 Å². The molecule has 4 heteroatoms. The number of aryl methyl sites for hydroxylation is 2. The van der Waals surface area contributed by atoms with Gasteiger partial charge in [0.25, 0.3) is 5.91 Å². The Morgan fingerprint density at radius 3 is 3.00 bits per heavy atom. The standard InChI is InChI=1S/C20H25NO3/c1-15-19(10-12-24-15)20(22)21-11-4-6-17(14-21)9-8-16-5-3-7-18(13-16)23-2/h3,5,7,10,12-13,17H,4,6,8-9,11,14H2,1-2H3/t17-/m0/s1. The molecule has 1 aromatic heterocycles. The molecule has 1 saturated heterocycles. The fourth-order valence-electron chi connectivity index (χ4n) is 3.46. The van der Waals surface area contributed by atoms with E-state index in [-0.39, 0.29) is 5.91 Å². The molecule has 1 aromatic carbocycles. The van der Waals surface area contributed by atoms with Crippen molar-refractivity contribution in [3.63, 3.8) is 0 Å². The monoisotopic (exact) mass is 327 g/mol. The van der Waals surface area contributed by atoms with Crippen LogP contribution in [0.2, 0.25) is 0 Å². The number of ether oxygens (including phenoxy) is 1. The second-order valence-electron chi connectivity index (χ2n) is 6.54. The van der Waals surface area contributed by atoms with E-state index in [0.717, 1.165) is 38.1 Å². The van der Waals surface area contributed by atoms with Gasteiger partial charge < -0.3 is 14.1 Å². The zero-order valence-electron chi connectivity index (χ0n) is 14.5. The molecule has 0 N–H and O–H groups in total. The summed E-state index contributed by atoms with van der Waals surface area (Å²) in [5.74, 6) is 2.27. The Morgan fingerprint density at radius 2 is 2.25 bits per heavy atom. The average molecular weight is 327 g/mol. The predicted molar refractivity (Wildman–Crippen MR) is 93.4 cm³/mol. The number of hydrogen-bond acceptors (Lipinski definition) is 3. The molecule has 4 nitrogen and oxygen atoms in total. The second kappa shape index (κ2) is 7.56. The molecule has 24 heavy (non-hydrogen) atoms. The summed E-state index contributed by atoms with van der Waals surface area (Å²) in [7, 11) is 1.70. The molecule has 1 fully saturated rings. The van der Waals surface area contributed by atoms with Crippen LogP contribution in [-0.4, -0.2) is 31.0 Å². The van der Waals surface area contributed by atoms with Crippen LogP contribution in [0.15, 0.2) is 41.0 Å². The van der Waals surface area contributed by atoms with Gasteiger partial charge in [0.05, 0.1) is 18.9 Å². The van der Waals surface area contributed by atoms with Gasteiger partial charge in [0.2, 0.25) is 0 Å². The van der Waals surface area contributed by atoms with Crippen molar-refractivity contribution in [1.82, 2.24) is 4.90 Å². The lowest BCUT2D eigenvalue weighted by molar-refractivity contribution is 0.0666. The maximum atomic E-state index is 12.6. The topological polar surface area (TPSA) is 42.7 Å². The van der Waals surface area contributed by atoms with E-state index in [9.17, 15) is 4.79 Å². The van der Waals surface area contributed by atoms with E-state index in [1.807, 2.05) is 24.0 Å². The lowest BCUT2D eigenvalue weighted by Crippen LogP contribution is -2.40. The van der Waals surface area contributed by atoms with E-state index in [2.05, 4.69) is 12.1 Å². The van der Waals surface area contributed by atoms with Gasteiger partial charge >= 0.3 is 0 Å². The molecular weight excluding hydrogens is 302 g/mol. The maximum absolute atomic E-state index is 12.6. The lowest BCUT2D eigenvalue weighted by Gasteiger charge is -2.32. The Hall–Kier alpha value is -2.23. The van der Waals surface area contributed by atoms with Crippen LogP contribution in [0.1, 0.15) is 40.9 Å². The number of amides is 1. The third kappa shape index (κ3) is 3.81. The van der Waals surface area contributed by atoms with Gasteiger partial charge in [-0.3, -0.25) is 4.79 Å². The smallest absolute Gasteiger partial charge is 0.257 e. The Balaban J connectivity index is 1.57. The van der Waals surface area contributed by atoms with Crippen LogP contribution in [0.3, 0.4) is 0 Å². The highest BCUT2D eigenvalue weighted by Gasteiger charge is 2.25. The Labute approximate surface area is 143 Å². The van der Waals surface area contributed by atoms with Crippen LogP contribution >= 0.6 is 0 Å². The molecule has 0 saturated carbocycles. The Morgan fingerprint density at radius 1 is 1.38 bits per heavy atom. The Bertz CT molecular complexity index is 692. The molecule has 0 aliphatic carbocycles. The first-order valence-corrected chi connectivity index (χ1v) is 8.63. The van der Waals surface area contributed by atoms with Crippen molar-refractivity contribution >= 4 is 5.91 Å². The summed E-state index contributed by atoms with van der Waals surface area (Å²) in [6.45, 7) is 3.53. The molecule has 1 aliphatic heterocycles. The number of methoxy groups -OCH3 is 1. The maximum Gasteiger partial charge on any atom is 0.257 e. The number of likely N-dealkylation sites (tertiary alicyclic amines) is 1. The molecule has 1 amide bonds. The van der Waals surface area contributed by atoms with Gasteiger partial charge in [-0.15, -0.1) is 0 Å². The van der Waals surface area contributed by atoms with Crippen molar-refractivity contribution in [3.05, 3.63) is 53.5 Å². The minimum atomic E-state index is 0.104. The number of nitrogens with zero attached hydrogens (tertiary/aromatic N) is 1. The molecule has 1 atom stereocenters. The normalized spacial score (nSPS) is 17.8. The predicted octanol–water partition coefficient (Wildman–Crippen LogP) is 4.08. The van der Waals surface area contributed by atoms with E-state index >= 15 is 0 Å². The van der Waals surface area contributed by atoms with Gasteiger partial charge in [-0.05, 0) is 62.3 Å². The summed E-state index contributed by atoms with van der Waals surface area (Å²) < 4.78 is 10.6. The van der Waals surface area contributed by atoms with Gasteiger partial charge in [-0.1, -0.05) is 12.1 Å². The first-order chi connectivity index (χ1) is 11.7. The minimum Gasteiger partial charge on any atom is -0.497 e. The summed E-state index contributed by atoms with van der Waals surface area (Å²) in [5.41, 5.74) is 1.99. The minimum absolute atomic E-state index is 0.104. The summed E-state index contributed by atoms with van der Waals surface area (Å²) in [6.07, 6.45) is 5.98. The van der Waals surface area contributed by atoms with Crippen molar-refractivity contribution < 1.29 is 13.9 Å². The van der Waals surface area contributed by atoms with Crippen LogP contribution in [0.5, 0.6) is 5.75 Å². The molecule has 0 radical (unpaired) electrons. The number of furan rings is 1. The largest absolute Gasteiger partial charge is 0.497 e. The molecule has 3 rings (SSSR count). The first kappa shape index (κ1) is 16.6. The summed E-state index contributed by atoms with van der Waals surface area (Å²) >= 11 is 0. The highest BCUT2D eigenvalue weighted by molar-refractivity contribution is 5.95. The molecule has 2 heterocycles. The first-order valence-electron chi connectivity index (χ1n) is 8.63. The summed E-state index contributed by atoms with van der Waals surface area (Å²) in [4.78, 5) is 14.6. The van der Waals surface area contributed by atoms with Crippen LogP contribution in [-0.2, 0) is 6.42 Å². The van der Waals surface area contributed by atoms with Gasteiger partial charge in [0, 0.05) is 13.1 Å². The van der Waals surface area contributed by atoms with Crippen LogP contribution in [0, 0.1) is 12.8 Å². The van der Waals surface area contributed by atoms with Crippen LogP contribution < -0.4 is 4.74 Å². The third-order valence-electron chi connectivity index (χ3n) is 4.87. The average Bonchev–Trinajstić information content (AvgIpc) is 3.05. The zero-order chi connectivity index (χ0) is 16.9. The highest BCUT2D eigenvalue weighted by atomic mass is 16.5. The number of hydrogen-bond donors (Lipinski definition) is 0. The number of carbonyl (C=O) groups excluding carboxylic acids is 1. The fourth-order valence-corrected chi connectivity index (χ4v) is 3.46. The number of benzene rings is 1. The Kier molecular flexibility index (Phi) is 5.24. The fraction of sp³-hybridized carbons (Fsp3) is 0.450. The van der Waals surface area contributed by atoms with E-state index < -0.39 is 0 Å². The van der Waals surface area contributed by atoms with Crippen molar-refractivity contribution in [2.75, 3.05) is 20.2 Å². The van der Waals surface area contributed by atoms with Crippen molar-refractivity contribution in [2.45, 2.75) is 32.6 Å². The molecule has 0 bridgehead atoms. The van der Waals surface area contributed by atoms with Gasteiger partial charge in [0.15, 0.2) is 0 Å². The van der Waals surface area contributed by atoms with Gasteiger partial charge in [0.1, 0.15) is 11.5 Å². The second-order valence-corrected chi connectivity index (χ2v) is 6.54. The molecule has 1 aliphatic rings. The molecular formula is C20H25NO3. The number of carbonyl (C=O) groups is 1. The number of piperidine rings is 1. The lowest BCUT2D eigenvalue weighted by atomic mass is 9.91. The van der Waals surface area contributed by atoms with Crippen molar-refractivity contribution in [3.8, 4) is 5.75 Å². The van der Waals surface area contributed by atoms with Crippen molar-refractivity contribution in [1.29, 1.82) is 0 Å². The summed E-state index contributed by atoms with van der Waals surface area (Å²) in [6, 6.07) is 10.0. The molecule has 0 spiro atoms. The van der Waals surface area contributed by atoms with Gasteiger partial charge in [-0.25, -0.2) is 0 Å². The third-order valence-corrected chi connectivity index (χ3v) is 4.87. The van der Waals surface area contributed by atoms with E-state index in [1.165, 1.54) is 12.0 Å². The molecule has 0 unspecified atom stereocenters. The highest BCUT2D eigenvalue weighted by Crippen LogP contribution is 2.24.